The van der Waals surface area contributed by atoms with E-state index >= 15 is 0 Å². The molecule has 0 aliphatic carbocycles. The maximum atomic E-state index is 11.1. The van der Waals surface area contributed by atoms with Crippen molar-refractivity contribution in [3.05, 3.63) is 47.0 Å². The Morgan fingerprint density at radius 2 is 1.96 bits per heavy atom. The summed E-state index contributed by atoms with van der Waals surface area (Å²) in [6.07, 6.45) is 0.0779. The summed E-state index contributed by atoms with van der Waals surface area (Å²) < 4.78 is 0. The number of aromatic nitrogens is 2. The number of rotatable bonds is 4. The first-order valence-corrected chi connectivity index (χ1v) is 7.64. The molecule has 2 aromatic carbocycles. The van der Waals surface area contributed by atoms with Gasteiger partial charge in [0.15, 0.2) is 0 Å². The molecule has 1 heterocycles. The molecule has 24 heavy (non-hydrogen) atoms. The molecule has 3 rings (SSSR count). The number of H-pyrrole nitrogens is 1. The summed E-state index contributed by atoms with van der Waals surface area (Å²) in [5.41, 5.74) is 8.95. The summed E-state index contributed by atoms with van der Waals surface area (Å²) in [6, 6.07) is 10.8. The van der Waals surface area contributed by atoms with Crippen LogP contribution in [0.25, 0.3) is 22.4 Å². The number of nitrogens with zero attached hydrogens (tertiary/aromatic N) is 1. The Morgan fingerprint density at radius 1 is 1.25 bits per heavy atom. The molecule has 0 saturated heterocycles. The van der Waals surface area contributed by atoms with E-state index in [4.69, 9.17) is 17.3 Å². The van der Waals surface area contributed by atoms with Gasteiger partial charge in [0.05, 0.1) is 17.5 Å². The number of nitrogens with one attached hydrogen (secondary N) is 2. The van der Waals surface area contributed by atoms with Crippen molar-refractivity contribution in [2.24, 2.45) is 5.73 Å². The van der Waals surface area contributed by atoms with Gasteiger partial charge in [-0.05, 0) is 42.0 Å². The molecule has 122 valence electrons. The van der Waals surface area contributed by atoms with Crippen molar-refractivity contribution < 1.29 is 9.59 Å². The summed E-state index contributed by atoms with van der Waals surface area (Å²) in [5.74, 6) is 0.110. The van der Waals surface area contributed by atoms with Gasteiger partial charge in [0.1, 0.15) is 5.82 Å². The Morgan fingerprint density at radius 3 is 2.58 bits per heavy atom. The van der Waals surface area contributed by atoms with Crippen LogP contribution in [0.5, 0.6) is 0 Å². The summed E-state index contributed by atoms with van der Waals surface area (Å²) >= 11 is 6.17. The van der Waals surface area contributed by atoms with Crippen LogP contribution in [0.1, 0.15) is 12.5 Å². The van der Waals surface area contributed by atoms with E-state index in [9.17, 15) is 9.59 Å². The molecule has 4 N–H and O–H groups in total. The monoisotopic (exact) mass is 342 g/mol. The Balaban J connectivity index is 1.95. The predicted octanol–water partition coefficient (Wildman–Crippen LogP) is 2.87. The number of imidazole rings is 1. The predicted molar refractivity (Wildman–Crippen MR) is 93.7 cm³/mol. The molecule has 0 aliphatic rings. The zero-order valence-corrected chi connectivity index (χ0v) is 13.6. The van der Waals surface area contributed by atoms with E-state index in [2.05, 4.69) is 15.3 Å². The molecule has 1 aromatic heterocycles. The molecule has 0 saturated carbocycles. The molecular formula is C17H15ClN4O2. The Kier molecular flexibility index (Phi) is 4.22. The number of halogens is 1. The number of carbonyl (C=O) groups excluding carboxylic acids is 2. The van der Waals surface area contributed by atoms with Crippen LogP contribution in [-0.4, -0.2) is 21.8 Å². The van der Waals surface area contributed by atoms with Crippen LogP contribution in [0.15, 0.2) is 36.4 Å². The molecule has 0 aliphatic heterocycles. The zero-order valence-electron chi connectivity index (χ0n) is 12.9. The van der Waals surface area contributed by atoms with E-state index in [1.54, 1.807) is 24.3 Å². The number of nitrogens with two attached hydrogens (primary N) is 1. The zero-order chi connectivity index (χ0) is 17.3. The Bertz CT molecular complexity index is 932. The van der Waals surface area contributed by atoms with Gasteiger partial charge in [-0.15, -0.1) is 0 Å². The summed E-state index contributed by atoms with van der Waals surface area (Å²) in [7, 11) is 0. The second kappa shape index (κ2) is 6.33. The molecule has 0 atom stereocenters. The fourth-order valence-electron chi connectivity index (χ4n) is 2.45. The third-order valence-corrected chi connectivity index (χ3v) is 3.85. The normalized spacial score (nSPS) is 10.8. The number of hydrogen-bond acceptors (Lipinski definition) is 3. The van der Waals surface area contributed by atoms with Gasteiger partial charge < -0.3 is 16.0 Å². The smallest absolute Gasteiger partial charge is 0.221 e. The largest absolute Gasteiger partial charge is 0.369 e. The molecule has 0 fully saturated rings. The average molecular weight is 343 g/mol. The van der Waals surface area contributed by atoms with Crippen molar-refractivity contribution in [2.45, 2.75) is 13.3 Å². The molecule has 0 bridgehead atoms. The lowest BCUT2D eigenvalue weighted by molar-refractivity contribution is -0.117. The minimum atomic E-state index is -0.440. The number of hydrogen-bond donors (Lipinski definition) is 3. The second-order valence-electron chi connectivity index (χ2n) is 5.45. The standard InChI is InChI=1S/C17H15ClN4O2/c1-9(23)20-12-4-2-10(3-5-12)17-21-14-6-11(7-16(19)24)13(18)8-15(14)22-17/h2-6,8H,7H2,1H3,(H2,19,24)(H,20,23)(H,21,22). The minimum absolute atomic E-state index is 0.0779. The number of aromatic amines is 1. The molecule has 0 radical (unpaired) electrons. The number of carbonyl (C=O) groups is 2. The maximum absolute atomic E-state index is 11.1. The molecule has 2 amide bonds. The number of anilines is 1. The van der Waals surface area contributed by atoms with E-state index in [1.165, 1.54) is 6.92 Å². The highest BCUT2D eigenvalue weighted by molar-refractivity contribution is 6.32. The third-order valence-electron chi connectivity index (χ3n) is 3.49. The van der Waals surface area contributed by atoms with Crippen LogP contribution < -0.4 is 11.1 Å². The molecular weight excluding hydrogens is 328 g/mol. The molecule has 0 unspecified atom stereocenters. The van der Waals surface area contributed by atoms with Crippen LogP contribution in [0.3, 0.4) is 0 Å². The van der Waals surface area contributed by atoms with Crippen molar-refractivity contribution in [1.82, 2.24) is 9.97 Å². The van der Waals surface area contributed by atoms with Crippen molar-refractivity contribution in [1.29, 1.82) is 0 Å². The number of primary amides is 1. The number of benzene rings is 2. The summed E-state index contributed by atoms with van der Waals surface area (Å²) in [4.78, 5) is 29.9. The average Bonchev–Trinajstić information content (AvgIpc) is 2.90. The van der Waals surface area contributed by atoms with Crippen molar-refractivity contribution in [2.75, 3.05) is 5.32 Å². The summed E-state index contributed by atoms with van der Waals surface area (Å²) in [6.45, 7) is 1.46. The highest BCUT2D eigenvalue weighted by Gasteiger charge is 2.11. The lowest BCUT2D eigenvalue weighted by atomic mass is 10.1. The van der Waals surface area contributed by atoms with Gasteiger partial charge in [-0.25, -0.2) is 4.98 Å². The van der Waals surface area contributed by atoms with Gasteiger partial charge in [0, 0.05) is 23.2 Å². The van der Waals surface area contributed by atoms with Crippen LogP contribution in [0, 0.1) is 0 Å². The topological polar surface area (TPSA) is 101 Å². The van der Waals surface area contributed by atoms with Gasteiger partial charge in [0.2, 0.25) is 11.8 Å². The van der Waals surface area contributed by atoms with Gasteiger partial charge in [-0.3, -0.25) is 9.59 Å². The van der Waals surface area contributed by atoms with E-state index in [-0.39, 0.29) is 12.3 Å². The summed E-state index contributed by atoms with van der Waals surface area (Å²) in [5, 5.41) is 3.17. The molecule has 6 nitrogen and oxygen atoms in total. The maximum Gasteiger partial charge on any atom is 0.221 e. The Labute approximate surface area is 143 Å². The second-order valence-corrected chi connectivity index (χ2v) is 5.86. The molecule has 3 aromatic rings. The third kappa shape index (κ3) is 3.38. The SMILES string of the molecule is CC(=O)Nc1ccc(-c2nc3cc(Cl)c(CC(N)=O)cc3[nH]2)cc1. The van der Waals surface area contributed by atoms with Gasteiger partial charge in [-0.1, -0.05) is 11.6 Å². The minimum Gasteiger partial charge on any atom is -0.369 e. The quantitative estimate of drug-likeness (QED) is 0.679. The van der Waals surface area contributed by atoms with E-state index < -0.39 is 5.91 Å². The van der Waals surface area contributed by atoms with E-state index in [0.29, 0.717) is 27.6 Å². The Hall–Kier alpha value is -2.86. The van der Waals surface area contributed by atoms with Crippen LogP contribution in [0.4, 0.5) is 5.69 Å². The highest BCUT2D eigenvalue weighted by Crippen LogP contribution is 2.27. The lowest BCUT2D eigenvalue weighted by Gasteiger charge is -2.02. The molecule has 7 heteroatoms. The van der Waals surface area contributed by atoms with E-state index in [0.717, 1.165) is 11.1 Å². The van der Waals surface area contributed by atoms with Crippen LogP contribution in [0.2, 0.25) is 5.02 Å². The highest BCUT2D eigenvalue weighted by atomic mass is 35.5. The first kappa shape index (κ1) is 16.0. The van der Waals surface area contributed by atoms with Crippen LogP contribution in [-0.2, 0) is 16.0 Å². The fraction of sp³-hybridized carbons (Fsp3) is 0.118. The molecule has 0 spiro atoms. The van der Waals surface area contributed by atoms with Gasteiger partial charge >= 0.3 is 0 Å². The first-order valence-electron chi connectivity index (χ1n) is 7.27. The van der Waals surface area contributed by atoms with Gasteiger partial charge in [-0.2, -0.15) is 0 Å². The number of fused-ring (bicyclic) bond motifs is 1. The van der Waals surface area contributed by atoms with Crippen molar-refractivity contribution in [3.63, 3.8) is 0 Å². The van der Waals surface area contributed by atoms with Crippen LogP contribution >= 0.6 is 11.6 Å². The van der Waals surface area contributed by atoms with Crippen molar-refractivity contribution >= 4 is 40.1 Å². The fourth-order valence-corrected chi connectivity index (χ4v) is 2.68. The van der Waals surface area contributed by atoms with Gasteiger partial charge in [0.25, 0.3) is 0 Å². The first-order chi connectivity index (χ1) is 11.4. The van der Waals surface area contributed by atoms with E-state index in [1.807, 2.05) is 12.1 Å². The number of amides is 2. The lowest BCUT2D eigenvalue weighted by Crippen LogP contribution is -2.13. The van der Waals surface area contributed by atoms with Crippen molar-refractivity contribution in [3.8, 4) is 11.4 Å².